The number of nitrogens with zero attached hydrogens (tertiary/aromatic N) is 1. The number of amides is 2. The van der Waals surface area contributed by atoms with Crippen LogP contribution in [0.25, 0.3) is 0 Å². The summed E-state index contributed by atoms with van der Waals surface area (Å²) in [6.45, 7) is 1.09. The van der Waals surface area contributed by atoms with Gasteiger partial charge in [-0.1, -0.05) is 0 Å². The summed E-state index contributed by atoms with van der Waals surface area (Å²) in [5.41, 5.74) is 1.24. The molecule has 0 aromatic heterocycles. The fourth-order valence-corrected chi connectivity index (χ4v) is 3.14. The zero-order chi connectivity index (χ0) is 18.5. The van der Waals surface area contributed by atoms with Crippen LogP contribution in [0.1, 0.15) is 10.4 Å². The Balaban J connectivity index is 1.53. The number of carbonyl (C=O) groups excluding carboxylic acids is 2. The minimum absolute atomic E-state index is 0.0722. The first-order valence-corrected chi connectivity index (χ1v) is 9.15. The molecule has 0 fully saturated rings. The van der Waals surface area contributed by atoms with E-state index >= 15 is 0 Å². The molecule has 0 aliphatic carbocycles. The summed E-state index contributed by atoms with van der Waals surface area (Å²) in [7, 11) is 3.40. The molecule has 3 rings (SSSR count). The van der Waals surface area contributed by atoms with Gasteiger partial charge in [0.05, 0.1) is 5.75 Å². The van der Waals surface area contributed by atoms with Gasteiger partial charge >= 0.3 is 0 Å². The average Bonchev–Trinajstić information content (AvgIpc) is 2.66. The molecule has 1 aliphatic heterocycles. The molecule has 2 amide bonds. The van der Waals surface area contributed by atoms with E-state index in [4.69, 9.17) is 9.47 Å². The molecule has 0 radical (unpaired) electrons. The number of anilines is 1. The van der Waals surface area contributed by atoms with E-state index in [9.17, 15) is 9.59 Å². The van der Waals surface area contributed by atoms with Gasteiger partial charge in [0.25, 0.3) is 5.91 Å². The van der Waals surface area contributed by atoms with E-state index in [0.29, 0.717) is 30.2 Å². The van der Waals surface area contributed by atoms with Gasteiger partial charge in [0.15, 0.2) is 11.5 Å². The van der Waals surface area contributed by atoms with Gasteiger partial charge in [0.1, 0.15) is 13.2 Å². The highest BCUT2D eigenvalue weighted by Crippen LogP contribution is 2.34. The van der Waals surface area contributed by atoms with E-state index < -0.39 is 0 Å². The third-order valence-corrected chi connectivity index (χ3v) is 4.70. The van der Waals surface area contributed by atoms with Crippen LogP contribution >= 0.6 is 11.8 Å². The summed E-state index contributed by atoms with van der Waals surface area (Å²) in [5, 5.41) is 2.83. The molecule has 1 aliphatic rings. The highest BCUT2D eigenvalue weighted by molar-refractivity contribution is 8.00. The average molecular weight is 372 g/mol. The fraction of sp³-hybridized carbons (Fsp3) is 0.263. The Labute approximate surface area is 156 Å². The number of thioether (sulfide) groups is 1. The highest BCUT2D eigenvalue weighted by Gasteiger charge is 2.13. The van der Waals surface area contributed by atoms with Crippen LogP contribution in [0.5, 0.6) is 11.5 Å². The molecule has 0 spiro atoms. The number of benzene rings is 2. The molecular weight excluding hydrogens is 352 g/mol. The second-order valence-electron chi connectivity index (χ2n) is 5.92. The van der Waals surface area contributed by atoms with E-state index in [0.717, 1.165) is 10.6 Å². The number of rotatable bonds is 5. The van der Waals surface area contributed by atoms with Gasteiger partial charge in [-0.3, -0.25) is 9.59 Å². The van der Waals surface area contributed by atoms with Crippen molar-refractivity contribution in [3.63, 3.8) is 0 Å². The molecule has 0 saturated carbocycles. The van der Waals surface area contributed by atoms with Crippen LogP contribution in [-0.4, -0.2) is 49.8 Å². The van der Waals surface area contributed by atoms with Crippen LogP contribution in [0, 0.1) is 0 Å². The van der Waals surface area contributed by atoms with E-state index in [1.807, 2.05) is 18.2 Å². The van der Waals surface area contributed by atoms with Crippen molar-refractivity contribution in [3.8, 4) is 11.5 Å². The van der Waals surface area contributed by atoms with Gasteiger partial charge in [-0.2, -0.15) is 0 Å². The Bertz CT molecular complexity index is 806. The molecule has 2 aromatic rings. The van der Waals surface area contributed by atoms with Crippen LogP contribution < -0.4 is 14.8 Å². The van der Waals surface area contributed by atoms with Crippen molar-refractivity contribution in [2.75, 3.05) is 38.4 Å². The smallest absolute Gasteiger partial charge is 0.253 e. The van der Waals surface area contributed by atoms with Crippen LogP contribution in [0.3, 0.4) is 0 Å². The minimum Gasteiger partial charge on any atom is -0.486 e. The number of hydrogen-bond acceptors (Lipinski definition) is 5. The van der Waals surface area contributed by atoms with E-state index in [1.54, 1.807) is 38.4 Å². The minimum atomic E-state index is -0.114. The van der Waals surface area contributed by atoms with Gasteiger partial charge in [0.2, 0.25) is 5.91 Å². The predicted octanol–water partition coefficient (Wildman–Crippen LogP) is 2.89. The lowest BCUT2D eigenvalue weighted by atomic mass is 10.2. The van der Waals surface area contributed by atoms with Crippen molar-refractivity contribution < 1.29 is 19.1 Å². The highest BCUT2D eigenvalue weighted by atomic mass is 32.2. The number of nitrogens with one attached hydrogen (secondary N) is 1. The van der Waals surface area contributed by atoms with E-state index in [2.05, 4.69) is 5.32 Å². The molecule has 0 bridgehead atoms. The normalized spacial score (nSPS) is 12.4. The molecule has 0 unspecified atom stereocenters. The quantitative estimate of drug-likeness (QED) is 0.818. The predicted molar refractivity (Wildman–Crippen MR) is 101 cm³/mol. The standard InChI is InChI=1S/C19H20N2O4S/c1-21(2)19(23)13-3-5-14(6-4-13)20-18(22)12-26-15-7-8-16-17(11-15)25-10-9-24-16/h3-8,11H,9-10,12H2,1-2H3,(H,20,22). The van der Waals surface area contributed by atoms with Crippen molar-refractivity contribution in [2.45, 2.75) is 4.90 Å². The number of fused-ring (bicyclic) bond motifs is 1. The SMILES string of the molecule is CN(C)C(=O)c1ccc(NC(=O)CSc2ccc3c(c2)OCCO3)cc1. The maximum atomic E-state index is 12.1. The summed E-state index contributed by atoms with van der Waals surface area (Å²) >= 11 is 1.42. The molecule has 2 aromatic carbocycles. The third kappa shape index (κ3) is 4.49. The Kier molecular flexibility index (Phi) is 5.68. The van der Waals surface area contributed by atoms with Crippen LogP contribution in [0.2, 0.25) is 0 Å². The Morgan fingerprint density at radius 1 is 1.04 bits per heavy atom. The van der Waals surface area contributed by atoms with Crippen molar-refractivity contribution in [2.24, 2.45) is 0 Å². The molecule has 26 heavy (non-hydrogen) atoms. The molecule has 6 nitrogen and oxygen atoms in total. The summed E-state index contributed by atoms with van der Waals surface area (Å²) < 4.78 is 11.0. The monoisotopic (exact) mass is 372 g/mol. The first kappa shape index (κ1) is 18.1. The fourth-order valence-electron chi connectivity index (χ4n) is 2.41. The topological polar surface area (TPSA) is 67.9 Å². The van der Waals surface area contributed by atoms with Gasteiger partial charge < -0.3 is 19.7 Å². The van der Waals surface area contributed by atoms with E-state index in [1.165, 1.54) is 16.7 Å². The zero-order valence-electron chi connectivity index (χ0n) is 14.7. The zero-order valence-corrected chi connectivity index (χ0v) is 15.5. The van der Waals surface area contributed by atoms with Crippen LogP contribution in [0.4, 0.5) is 5.69 Å². The summed E-state index contributed by atoms with van der Waals surface area (Å²) in [4.78, 5) is 26.4. The van der Waals surface area contributed by atoms with Gasteiger partial charge in [-0.05, 0) is 42.5 Å². The van der Waals surface area contributed by atoms with Crippen molar-refractivity contribution in [1.29, 1.82) is 0 Å². The number of ether oxygens (including phenoxy) is 2. The van der Waals surface area contributed by atoms with E-state index in [-0.39, 0.29) is 17.6 Å². The van der Waals surface area contributed by atoms with Crippen molar-refractivity contribution in [3.05, 3.63) is 48.0 Å². The lowest BCUT2D eigenvalue weighted by Crippen LogP contribution is -2.21. The number of hydrogen-bond donors (Lipinski definition) is 1. The van der Waals surface area contributed by atoms with Gasteiger partial charge in [-0.15, -0.1) is 11.8 Å². The Morgan fingerprint density at radius 2 is 1.73 bits per heavy atom. The Hall–Kier alpha value is -2.67. The molecule has 7 heteroatoms. The maximum absolute atomic E-state index is 12.1. The molecule has 0 saturated heterocycles. The molecule has 0 atom stereocenters. The lowest BCUT2D eigenvalue weighted by Gasteiger charge is -2.18. The molecule has 1 heterocycles. The summed E-state index contributed by atoms with van der Waals surface area (Å²) in [5.74, 6) is 1.53. The van der Waals surface area contributed by atoms with Crippen molar-refractivity contribution in [1.82, 2.24) is 4.90 Å². The van der Waals surface area contributed by atoms with Gasteiger partial charge in [-0.25, -0.2) is 0 Å². The largest absolute Gasteiger partial charge is 0.486 e. The van der Waals surface area contributed by atoms with Gasteiger partial charge in [0, 0.05) is 30.2 Å². The Morgan fingerprint density at radius 3 is 2.42 bits per heavy atom. The first-order chi connectivity index (χ1) is 12.5. The summed E-state index contributed by atoms with van der Waals surface area (Å²) in [6, 6.07) is 12.5. The number of carbonyl (C=O) groups is 2. The molecule has 1 N–H and O–H groups in total. The molecule has 136 valence electrons. The first-order valence-electron chi connectivity index (χ1n) is 8.17. The second kappa shape index (κ2) is 8.14. The van der Waals surface area contributed by atoms with Crippen LogP contribution in [-0.2, 0) is 4.79 Å². The maximum Gasteiger partial charge on any atom is 0.253 e. The third-order valence-electron chi connectivity index (χ3n) is 3.71. The van der Waals surface area contributed by atoms with Crippen LogP contribution in [0.15, 0.2) is 47.4 Å². The lowest BCUT2D eigenvalue weighted by molar-refractivity contribution is -0.113. The molecular formula is C19H20N2O4S. The van der Waals surface area contributed by atoms with Crippen molar-refractivity contribution >= 4 is 29.3 Å². The summed E-state index contributed by atoms with van der Waals surface area (Å²) in [6.07, 6.45) is 0. The second-order valence-corrected chi connectivity index (χ2v) is 6.97.